The smallest absolute Gasteiger partial charge is 0.336 e. The highest BCUT2D eigenvalue weighted by Gasteiger charge is 2.28. The first-order chi connectivity index (χ1) is 13.4. The summed E-state index contributed by atoms with van der Waals surface area (Å²) in [6, 6.07) is 15.9. The van der Waals surface area contributed by atoms with E-state index in [-0.39, 0.29) is 5.63 Å². The maximum absolute atomic E-state index is 12.8. The second kappa shape index (κ2) is 7.50. The predicted molar refractivity (Wildman–Crippen MR) is 108 cm³/mol. The number of sulfonamides is 1. The van der Waals surface area contributed by atoms with Gasteiger partial charge in [-0.25, -0.2) is 13.2 Å². The molecule has 146 valence electrons. The lowest BCUT2D eigenvalue weighted by atomic mass is 10.1. The fraction of sp³-hybridized carbons (Fsp3) is 0.286. The zero-order valence-electron chi connectivity index (χ0n) is 15.7. The molecule has 0 amide bonds. The minimum Gasteiger partial charge on any atom is -0.423 e. The van der Waals surface area contributed by atoms with E-state index in [1.54, 1.807) is 30.3 Å². The van der Waals surface area contributed by atoms with Crippen LogP contribution in [0.1, 0.15) is 11.1 Å². The van der Waals surface area contributed by atoms with Crippen molar-refractivity contribution in [3.8, 4) is 0 Å². The fourth-order valence-electron chi connectivity index (χ4n) is 3.58. The Morgan fingerprint density at radius 3 is 2.39 bits per heavy atom. The van der Waals surface area contributed by atoms with Crippen LogP contribution < -0.4 is 5.63 Å². The van der Waals surface area contributed by atoms with E-state index in [9.17, 15) is 13.2 Å². The quantitative estimate of drug-likeness (QED) is 0.632. The standard InChI is InChI=1S/C21H22N2O4S/c1-16-7-8-19-17(14-21(24)27-20(19)13-16)15-22-9-11-23(12-10-22)28(25,26)18-5-3-2-4-6-18/h2-8,13-14H,9-12,15H2,1H3. The van der Waals surface area contributed by atoms with E-state index in [0.717, 1.165) is 16.5 Å². The Balaban J connectivity index is 1.50. The summed E-state index contributed by atoms with van der Waals surface area (Å²) in [5.41, 5.74) is 2.17. The summed E-state index contributed by atoms with van der Waals surface area (Å²) in [5.74, 6) is 0. The van der Waals surface area contributed by atoms with Crippen molar-refractivity contribution in [2.45, 2.75) is 18.4 Å². The van der Waals surface area contributed by atoms with Crippen molar-refractivity contribution in [2.24, 2.45) is 0 Å². The normalized spacial score (nSPS) is 16.5. The van der Waals surface area contributed by atoms with E-state index >= 15 is 0 Å². The lowest BCUT2D eigenvalue weighted by molar-refractivity contribution is 0.182. The van der Waals surface area contributed by atoms with Crippen LogP contribution >= 0.6 is 0 Å². The molecule has 1 aliphatic heterocycles. The molecule has 3 aromatic rings. The van der Waals surface area contributed by atoms with Crippen molar-refractivity contribution in [3.63, 3.8) is 0 Å². The van der Waals surface area contributed by atoms with Crippen molar-refractivity contribution in [3.05, 3.63) is 76.1 Å². The highest BCUT2D eigenvalue weighted by Crippen LogP contribution is 2.22. The van der Waals surface area contributed by atoms with E-state index in [4.69, 9.17) is 4.42 Å². The second-order valence-corrected chi connectivity index (χ2v) is 9.02. The first-order valence-corrected chi connectivity index (χ1v) is 10.7. The Morgan fingerprint density at radius 2 is 1.68 bits per heavy atom. The lowest BCUT2D eigenvalue weighted by Gasteiger charge is -2.34. The van der Waals surface area contributed by atoms with Gasteiger partial charge in [0.05, 0.1) is 4.90 Å². The van der Waals surface area contributed by atoms with Gasteiger partial charge in [-0.2, -0.15) is 4.31 Å². The van der Waals surface area contributed by atoms with Crippen LogP contribution in [0.2, 0.25) is 0 Å². The van der Waals surface area contributed by atoms with E-state index in [0.29, 0.717) is 43.2 Å². The summed E-state index contributed by atoms with van der Waals surface area (Å²) in [6.07, 6.45) is 0. The molecule has 4 rings (SSSR count). The first kappa shape index (κ1) is 18.9. The van der Waals surface area contributed by atoms with Crippen LogP contribution in [0, 0.1) is 6.92 Å². The van der Waals surface area contributed by atoms with Crippen molar-refractivity contribution in [2.75, 3.05) is 26.2 Å². The van der Waals surface area contributed by atoms with E-state index in [2.05, 4.69) is 4.90 Å². The summed E-state index contributed by atoms with van der Waals surface area (Å²) >= 11 is 0. The molecule has 0 radical (unpaired) electrons. The van der Waals surface area contributed by atoms with Crippen LogP contribution in [0.4, 0.5) is 0 Å². The van der Waals surface area contributed by atoms with Crippen LogP contribution in [0.25, 0.3) is 11.0 Å². The number of rotatable bonds is 4. The van der Waals surface area contributed by atoms with Gasteiger partial charge in [0.2, 0.25) is 10.0 Å². The highest BCUT2D eigenvalue weighted by atomic mass is 32.2. The van der Waals surface area contributed by atoms with Gasteiger partial charge >= 0.3 is 5.63 Å². The third-order valence-corrected chi connectivity index (χ3v) is 7.00. The number of nitrogens with zero attached hydrogens (tertiary/aromatic N) is 2. The topological polar surface area (TPSA) is 70.8 Å². The molecule has 1 aromatic heterocycles. The van der Waals surface area contributed by atoms with Gasteiger partial charge in [-0.05, 0) is 36.2 Å². The summed E-state index contributed by atoms with van der Waals surface area (Å²) in [7, 11) is -3.46. The van der Waals surface area contributed by atoms with Gasteiger partial charge in [-0.15, -0.1) is 0 Å². The lowest BCUT2D eigenvalue weighted by Crippen LogP contribution is -2.48. The molecule has 28 heavy (non-hydrogen) atoms. The molecule has 0 bridgehead atoms. The molecule has 1 fully saturated rings. The molecule has 0 spiro atoms. The Morgan fingerprint density at radius 1 is 0.964 bits per heavy atom. The van der Waals surface area contributed by atoms with E-state index in [1.807, 2.05) is 25.1 Å². The molecule has 0 aliphatic carbocycles. The molecule has 7 heteroatoms. The monoisotopic (exact) mass is 398 g/mol. The molecular formula is C21H22N2O4S. The zero-order valence-corrected chi connectivity index (χ0v) is 16.5. The summed E-state index contributed by atoms with van der Waals surface area (Å²) < 4.78 is 32.4. The Labute approximate surface area is 164 Å². The number of fused-ring (bicyclic) bond motifs is 1. The maximum atomic E-state index is 12.8. The number of aryl methyl sites for hydroxylation is 1. The summed E-state index contributed by atoms with van der Waals surface area (Å²) in [6.45, 7) is 4.62. The minimum atomic E-state index is -3.46. The van der Waals surface area contributed by atoms with Crippen LogP contribution in [0.5, 0.6) is 0 Å². The highest BCUT2D eigenvalue weighted by molar-refractivity contribution is 7.89. The number of benzene rings is 2. The SMILES string of the molecule is Cc1ccc2c(CN3CCN(S(=O)(=O)c4ccccc4)CC3)cc(=O)oc2c1. The Kier molecular flexibility index (Phi) is 5.05. The average molecular weight is 398 g/mol. The molecule has 0 unspecified atom stereocenters. The van der Waals surface area contributed by atoms with Gasteiger partial charge < -0.3 is 4.42 Å². The Bertz CT molecular complexity index is 1150. The predicted octanol–water partition coefficient (Wildman–Crippen LogP) is 2.61. The summed E-state index contributed by atoms with van der Waals surface area (Å²) in [4.78, 5) is 14.4. The van der Waals surface area contributed by atoms with Crippen molar-refractivity contribution in [1.29, 1.82) is 0 Å². The number of piperazine rings is 1. The van der Waals surface area contributed by atoms with Gasteiger partial charge in [0.1, 0.15) is 5.58 Å². The largest absolute Gasteiger partial charge is 0.423 e. The molecule has 1 saturated heterocycles. The molecule has 0 saturated carbocycles. The molecule has 6 nitrogen and oxygen atoms in total. The third kappa shape index (κ3) is 3.73. The van der Waals surface area contributed by atoms with Crippen molar-refractivity contribution >= 4 is 21.0 Å². The van der Waals surface area contributed by atoms with Crippen LogP contribution in [0.15, 0.2) is 68.7 Å². The van der Waals surface area contributed by atoms with Crippen LogP contribution in [-0.2, 0) is 16.6 Å². The summed E-state index contributed by atoms with van der Waals surface area (Å²) in [5, 5.41) is 0.921. The molecule has 1 aliphatic rings. The number of hydrogen-bond acceptors (Lipinski definition) is 5. The van der Waals surface area contributed by atoms with Crippen molar-refractivity contribution < 1.29 is 12.8 Å². The fourth-order valence-corrected chi connectivity index (χ4v) is 5.02. The van der Waals surface area contributed by atoms with Crippen LogP contribution in [-0.4, -0.2) is 43.8 Å². The van der Waals surface area contributed by atoms with Gasteiger partial charge in [-0.3, -0.25) is 4.90 Å². The van der Waals surface area contributed by atoms with Gasteiger partial charge in [-0.1, -0.05) is 30.3 Å². The van der Waals surface area contributed by atoms with Gasteiger partial charge in [0.15, 0.2) is 0 Å². The van der Waals surface area contributed by atoms with Crippen LogP contribution in [0.3, 0.4) is 0 Å². The van der Waals surface area contributed by atoms with Crippen molar-refractivity contribution in [1.82, 2.24) is 9.21 Å². The Hall–Kier alpha value is -2.48. The van der Waals surface area contributed by atoms with Gasteiger partial charge in [0.25, 0.3) is 0 Å². The molecule has 2 heterocycles. The van der Waals surface area contributed by atoms with E-state index in [1.165, 1.54) is 10.4 Å². The molecule has 0 atom stereocenters. The molecule has 0 N–H and O–H groups in total. The first-order valence-electron chi connectivity index (χ1n) is 9.24. The molecule has 2 aromatic carbocycles. The molecular weight excluding hydrogens is 376 g/mol. The number of hydrogen-bond donors (Lipinski definition) is 0. The average Bonchev–Trinajstić information content (AvgIpc) is 2.68. The van der Waals surface area contributed by atoms with Gasteiger partial charge in [0, 0.05) is 44.2 Å². The zero-order chi connectivity index (χ0) is 19.7. The third-order valence-electron chi connectivity index (χ3n) is 5.09. The maximum Gasteiger partial charge on any atom is 0.336 e. The minimum absolute atomic E-state index is 0.325. The van der Waals surface area contributed by atoms with E-state index < -0.39 is 10.0 Å². The second-order valence-electron chi connectivity index (χ2n) is 7.08.